The normalized spacial score (nSPS) is 11.1. The Kier molecular flexibility index (Phi) is 4.83. The highest BCUT2D eigenvalue weighted by molar-refractivity contribution is 6.06. The highest BCUT2D eigenvalue weighted by Crippen LogP contribution is 2.43. The first kappa shape index (κ1) is 19.2. The van der Waals surface area contributed by atoms with Gasteiger partial charge in [0.05, 0.1) is 18.5 Å². The highest BCUT2D eigenvalue weighted by atomic mass is 16.5. The van der Waals surface area contributed by atoms with E-state index in [1.165, 1.54) is 44.0 Å². The summed E-state index contributed by atoms with van der Waals surface area (Å²) in [7, 11) is 1.70. The second-order valence-corrected chi connectivity index (χ2v) is 7.93. The van der Waals surface area contributed by atoms with E-state index in [1.807, 2.05) is 12.1 Å². The molecule has 0 aliphatic heterocycles. The zero-order chi connectivity index (χ0) is 21.4. The number of hydrogen-bond acceptors (Lipinski definition) is 2. The average molecular weight is 404 g/mol. The largest absolute Gasteiger partial charge is 0.497 e. The highest BCUT2D eigenvalue weighted by Gasteiger charge is 2.18. The van der Waals surface area contributed by atoms with Crippen molar-refractivity contribution in [3.05, 3.63) is 108 Å². The van der Waals surface area contributed by atoms with Crippen molar-refractivity contribution in [2.24, 2.45) is 0 Å². The Hall–Kier alpha value is -3.78. The Morgan fingerprint density at radius 3 is 1.42 bits per heavy atom. The SMILES string of the molecule is COc1ccc(N(c2ccc(C)c3ccccc23)c2ccc(C)c3ccccc23)cc1. The molecule has 0 heterocycles. The molecule has 0 fully saturated rings. The number of anilines is 3. The maximum atomic E-state index is 5.41. The summed E-state index contributed by atoms with van der Waals surface area (Å²) in [6, 6.07) is 34.5. The minimum atomic E-state index is 0.853. The maximum absolute atomic E-state index is 5.41. The van der Waals surface area contributed by atoms with Crippen molar-refractivity contribution in [3.63, 3.8) is 0 Å². The molecule has 0 aliphatic rings. The number of methoxy groups -OCH3 is 1. The first-order valence-corrected chi connectivity index (χ1v) is 10.6. The molecule has 0 aromatic heterocycles. The van der Waals surface area contributed by atoms with E-state index >= 15 is 0 Å². The molecule has 5 aromatic carbocycles. The average Bonchev–Trinajstić information content (AvgIpc) is 2.83. The summed E-state index contributed by atoms with van der Waals surface area (Å²) in [6.45, 7) is 4.34. The van der Waals surface area contributed by atoms with Gasteiger partial charge in [-0.15, -0.1) is 0 Å². The van der Waals surface area contributed by atoms with Crippen LogP contribution in [0, 0.1) is 13.8 Å². The van der Waals surface area contributed by atoms with Gasteiger partial charge in [-0.1, -0.05) is 60.7 Å². The molecule has 5 rings (SSSR count). The quantitative estimate of drug-likeness (QED) is 0.301. The predicted molar refractivity (Wildman–Crippen MR) is 132 cm³/mol. The predicted octanol–water partition coefficient (Wildman–Crippen LogP) is 8.09. The molecular weight excluding hydrogens is 378 g/mol. The van der Waals surface area contributed by atoms with Gasteiger partial charge in [0, 0.05) is 16.5 Å². The van der Waals surface area contributed by atoms with Crippen LogP contribution < -0.4 is 9.64 Å². The third-order valence-electron chi connectivity index (χ3n) is 6.05. The van der Waals surface area contributed by atoms with Crippen molar-refractivity contribution in [1.29, 1.82) is 0 Å². The lowest BCUT2D eigenvalue weighted by atomic mass is 9.99. The van der Waals surface area contributed by atoms with E-state index in [0.29, 0.717) is 0 Å². The van der Waals surface area contributed by atoms with E-state index in [4.69, 9.17) is 4.74 Å². The van der Waals surface area contributed by atoms with Gasteiger partial charge in [0.1, 0.15) is 5.75 Å². The van der Waals surface area contributed by atoms with Gasteiger partial charge in [0.15, 0.2) is 0 Å². The first-order chi connectivity index (χ1) is 15.2. The molecule has 0 bridgehead atoms. The van der Waals surface area contributed by atoms with Crippen LogP contribution in [-0.2, 0) is 0 Å². The Bertz CT molecular complexity index is 1300. The molecule has 0 saturated carbocycles. The van der Waals surface area contributed by atoms with Crippen LogP contribution in [0.25, 0.3) is 21.5 Å². The van der Waals surface area contributed by atoms with Crippen LogP contribution in [0.1, 0.15) is 11.1 Å². The third-order valence-corrected chi connectivity index (χ3v) is 6.05. The summed E-state index contributed by atoms with van der Waals surface area (Å²) in [6.07, 6.45) is 0. The summed E-state index contributed by atoms with van der Waals surface area (Å²) in [4.78, 5) is 2.36. The van der Waals surface area contributed by atoms with Gasteiger partial charge in [0.25, 0.3) is 0 Å². The minimum absolute atomic E-state index is 0.853. The smallest absolute Gasteiger partial charge is 0.119 e. The molecule has 0 unspecified atom stereocenters. The van der Waals surface area contributed by atoms with Crippen LogP contribution in [0.15, 0.2) is 97.1 Å². The van der Waals surface area contributed by atoms with E-state index in [-0.39, 0.29) is 0 Å². The Balaban J connectivity index is 1.84. The van der Waals surface area contributed by atoms with Crippen LogP contribution >= 0.6 is 0 Å². The fraction of sp³-hybridized carbons (Fsp3) is 0.103. The van der Waals surface area contributed by atoms with Crippen molar-refractivity contribution in [2.75, 3.05) is 12.0 Å². The number of rotatable bonds is 4. The molecule has 0 spiro atoms. The summed E-state index contributed by atoms with van der Waals surface area (Å²) >= 11 is 0. The van der Waals surface area contributed by atoms with Gasteiger partial charge in [-0.25, -0.2) is 0 Å². The van der Waals surface area contributed by atoms with Crippen LogP contribution in [0.5, 0.6) is 5.75 Å². The fourth-order valence-electron chi connectivity index (χ4n) is 4.40. The van der Waals surface area contributed by atoms with Crippen molar-refractivity contribution in [1.82, 2.24) is 0 Å². The number of nitrogens with zero attached hydrogens (tertiary/aromatic N) is 1. The van der Waals surface area contributed by atoms with E-state index in [9.17, 15) is 0 Å². The van der Waals surface area contributed by atoms with Crippen LogP contribution in [0.3, 0.4) is 0 Å². The van der Waals surface area contributed by atoms with Gasteiger partial charge in [-0.05, 0) is 72.1 Å². The van der Waals surface area contributed by atoms with Crippen LogP contribution in [-0.4, -0.2) is 7.11 Å². The lowest BCUT2D eigenvalue weighted by Gasteiger charge is -2.29. The monoisotopic (exact) mass is 403 g/mol. The molecule has 0 atom stereocenters. The van der Waals surface area contributed by atoms with E-state index in [1.54, 1.807) is 7.11 Å². The van der Waals surface area contributed by atoms with Crippen molar-refractivity contribution < 1.29 is 4.74 Å². The molecule has 0 amide bonds. The molecule has 5 aromatic rings. The molecular formula is C29H25NO. The number of ether oxygens (including phenoxy) is 1. The molecule has 31 heavy (non-hydrogen) atoms. The lowest BCUT2D eigenvalue weighted by Crippen LogP contribution is -2.11. The Labute approximate surface area is 183 Å². The third kappa shape index (κ3) is 3.30. The first-order valence-electron chi connectivity index (χ1n) is 10.6. The molecule has 0 aliphatic carbocycles. The fourth-order valence-corrected chi connectivity index (χ4v) is 4.40. The molecule has 152 valence electrons. The zero-order valence-corrected chi connectivity index (χ0v) is 18.1. The van der Waals surface area contributed by atoms with Crippen molar-refractivity contribution in [3.8, 4) is 5.75 Å². The van der Waals surface area contributed by atoms with E-state index < -0.39 is 0 Å². The minimum Gasteiger partial charge on any atom is -0.497 e. The summed E-state index contributed by atoms with van der Waals surface area (Å²) < 4.78 is 5.41. The summed E-state index contributed by atoms with van der Waals surface area (Å²) in [5, 5.41) is 5.02. The Morgan fingerprint density at radius 2 is 0.968 bits per heavy atom. The second-order valence-electron chi connectivity index (χ2n) is 7.93. The number of fused-ring (bicyclic) bond motifs is 2. The lowest BCUT2D eigenvalue weighted by molar-refractivity contribution is 0.415. The summed E-state index contributed by atoms with van der Waals surface area (Å²) in [5.74, 6) is 0.853. The molecule has 0 radical (unpaired) electrons. The molecule has 0 N–H and O–H groups in total. The Morgan fingerprint density at radius 1 is 0.516 bits per heavy atom. The number of aryl methyl sites for hydroxylation is 2. The zero-order valence-electron chi connectivity index (χ0n) is 18.1. The maximum Gasteiger partial charge on any atom is 0.119 e. The number of benzene rings is 5. The standard InChI is InChI=1S/C29H25NO/c1-20-12-18-28(26-10-6-4-8-24(20)26)30(22-14-16-23(31-3)17-15-22)29-19-13-21(2)25-9-5-7-11-27(25)29/h4-19H,1-3H3. The van der Waals surface area contributed by atoms with Crippen molar-refractivity contribution >= 4 is 38.6 Å². The van der Waals surface area contributed by atoms with Gasteiger partial charge in [0.2, 0.25) is 0 Å². The van der Waals surface area contributed by atoms with Crippen LogP contribution in [0.4, 0.5) is 17.1 Å². The van der Waals surface area contributed by atoms with Gasteiger partial charge in [-0.2, -0.15) is 0 Å². The topological polar surface area (TPSA) is 12.5 Å². The van der Waals surface area contributed by atoms with E-state index in [2.05, 4.69) is 104 Å². The van der Waals surface area contributed by atoms with Crippen molar-refractivity contribution in [2.45, 2.75) is 13.8 Å². The second kappa shape index (κ2) is 7.81. The molecule has 2 nitrogen and oxygen atoms in total. The molecule has 0 saturated heterocycles. The van der Waals surface area contributed by atoms with Gasteiger partial charge in [-0.3, -0.25) is 0 Å². The van der Waals surface area contributed by atoms with Crippen LogP contribution in [0.2, 0.25) is 0 Å². The number of hydrogen-bond donors (Lipinski definition) is 0. The van der Waals surface area contributed by atoms with Gasteiger partial charge >= 0.3 is 0 Å². The van der Waals surface area contributed by atoms with Gasteiger partial charge < -0.3 is 9.64 Å². The molecule has 2 heteroatoms. The summed E-state index contributed by atoms with van der Waals surface area (Å²) in [5.41, 5.74) is 6.00. The van der Waals surface area contributed by atoms with E-state index in [0.717, 1.165) is 11.4 Å².